The normalized spacial score (nSPS) is 22.2. The fourth-order valence-corrected chi connectivity index (χ4v) is 5.03. The molecule has 1 atom stereocenters. The highest BCUT2D eigenvalue weighted by atomic mass is 32.1. The molecule has 0 saturated carbocycles. The second-order valence-electron chi connectivity index (χ2n) is 6.79. The van der Waals surface area contributed by atoms with Crippen molar-refractivity contribution in [2.24, 2.45) is 5.92 Å². The van der Waals surface area contributed by atoms with Crippen LogP contribution in [0, 0.1) is 5.92 Å². The number of nitrogens with zero attached hydrogens (tertiary/aromatic N) is 2. The van der Waals surface area contributed by atoms with Crippen LogP contribution >= 0.6 is 11.3 Å². The first-order valence-corrected chi connectivity index (χ1v) is 9.53. The number of nitrogens with one attached hydrogen (secondary N) is 2. The summed E-state index contributed by atoms with van der Waals surface area (Å²) in [5.74, 6) is 1.83. The zero-order valence-corrected chi connectivity index (χ0v) is 14.5. The van der Waals surface area contributed by atoms with E-state index in [0.29, 0.717) is 0 Å². The van der Waals surface area contributed by atoms with Crippen LogP contribution in [-0.2, 0) is 17.6 Å². The van der Waals surface area contributed by atoms with E-state index in [4.69, 9.17) is 4.74 Å². The standard InChI is InChI=1S/C17H24N4OS/c1-12-2-3-13-14(10-12)23-17-15(13)16(19-11-20-17)18-4-5-21-6-8-22-9-7-21/h11-12H,2-10H2,1H3,(H,18,19,20)/p+1/t12-/m0/s1. The minimum atomic E-state index is 0.796. The summed E-state index contributed by atoms with van der Waals surface area (Å²) in [6.07, 6.45) is 5.36. The number of quaternary nitrogens is 1. The number of thiophene rings is 1. The first kappa shape index (κ1) is 15.3. The van der Waals surface area contributed by atoms with E-state index in [0.717, 1.165) is 56.0 Å². The fraction of sp³-hybridized carbons (Fsp3) is 0.647. The minimum Gasteiger partial charge on any atom is -0.370 e. The van der Waals surface area contributed by atoms with Crippen molar-refractivity contribution < 1.29 is 9.64 Å². The molecule has 23 heavy (non-hydrogen) atoms. The van der Waals surface area contributed by atoms with Gasteiger partial charge in [-0.05, 0) is 30.7 Å². The number of morpholine rings is 1. The van der Waals surface area contributed by atoms with Crippen LogP contribution in [0.5, 0.6) is 0 Å². The Morgan fingerprint density at radius 1 is 1.35 bits per heavy atom. The predicted molar refractivity (Wildman–Crippen MR) is 93.5 cm³/mol. The topological polar surface area (TPSA) is 51.5 Å². The van der Waals surface area contributed by atoms with Crippen molar-refractivity contribution >= 4 is 27.4 Å². The van der Waals surface area contributed by atoms with Gasteiger partial charge in [-0.15, -0.1) is 11.3 Å². The summed E-state index contributed by atoms with van der Waals surface area (Å²) >= 11 is 1.87. The number of anilines is 1. The summed E-state index contributed by atoms with van der Waals surface area (Å²) in [4.78, 5) is 13.4. The lowest BCUT2D eigenvalue weighted by atomic mass is 9.89. The molecule has 2 aromatic rings. The van der Waals surface area contributed by atoms with Crippen molar-refractivity contribution in [1.29, 1.82) is 0 Å². The molecule has 0 unspecified atom stereocenters. The van der Waals surface area contributed by atoms with Gasteiger partial charge in [-0.3, -0.25) is 0 Å². The predicted octanol–water partition coefficient (Wildman–Crippen LogP) is 1.14. The van der Waals surface area contributed by atoms with Crippen molar-refractivity contribution in [1.82, 2.24) is 9.97 Å². The van der Waals surface area contributed by atoms with Gasteiger partial charge in [0.1, 0.15) is 30.1 Å². The zero-order chi connectivity index (χ0) is 15.6. The van der Waals surface area contributed by atoms with Gasteiger partial charge in [0.2, 0.25) is 0 Å². The molecular weight excluding hydrogens is 308 g/mol. The average molecular weight is 333 g/mol. The van der Waals surface area contributed by atoms with Crippen LogP contribution in [0.15, 0.2) is 6.33 Å². The van der Waals surface area contributed by atoms with Gasteiger partial charge < -0.3 is 15.0 Å². The van der Waals surface area contributed by atoms with Crippen LogP contribution in [-0.4, -0.2) is 49.4 Å². The molecule has 5 nitrogen and oxygen atoms in total. The average Bonchev–Trinajstić information content (AvgIpc) is 2.94. The highest BCUT2D eigenvalue weighted by molar-refractivity contribution is 7.19. The number of hydrogen-bond acceptors (Lipinski definition) is 5. The van der Waals surface area contributed by atoms with Crippen molar-refractivity contribution in [3.8, 4) is 0 Å². The Morgan fingerprint density at radius 3 is 3.09 bits per heavy atom. The maximum Gasteiger partial charge on any atom is 0.138 e. The molecule has 0 bridgehead atoms. The second kappa shape index (κ2) is 6.71. The van der Waals surface area contributed by atoms with E-state index in [1.165, 1.54) is 35.1 Å². The molecule has 0 spiro atoms. The Bertz CT molecular complexity index is 681. The Morgan fingerprint density at radius 2 is 2.22 bits per heavy atom. The Hall–Kier alpha value is -1.24. The van der Waals surface area contributed by atoms with Crippen molar-refractivity contribution in [2.45, 2.75) is 26.2 Å². The summed E-state index contributed by atoms with van der Waals surface area (Å²) in [7, 11) is 0. The monoisotopic (exact) mass is 333 g/mol. The Kier molecular flexibility index (Phi) is 4.46. The van der Waals surface area contributed by atoms with Gasteiger partial charge in [0, 0.05) is 4.88 Å². The molecule has 0 aromatic carbocycles. The largest absolute Gasteiger partial charge is 0.370 e. The lowest BCUT2D eigenvalue weighted by Crippen LogP contribution is -3.14. The summed E-state index contributed by atoms with van der Waals surface area (Å²) in [6, 6.07) is 0. The quantitative estimate of drug-likeness (QED) is 0.881. The lowest BCUT2D eigenvalue weighted by Gasteiger charge is -2.24. The summed E-state index contributed by atoms with van der Waals surface area (Å²) in [5, 5.41) is 4.86. The van der Waals surface area contributed by atoms with Crippen LogP contribution in [0.3, 0.4) is 0 Å². The van der Waals surface area contributed by atoms with E-state index in [-0.39, 0.29) is 0 Å². The van der Waals surface area contributed by atoms with E-state index in [1.807, 2.05) is 11.3 Å². The third-order valence-corrected chi connectivity index (χ3v) is 6.22. The van der Waals surface area contributed by atoms with E-state index in [2.05, 4.69) is 22.2 Å². The molecule has 2 N–H and O–H groups in total. The molecule has 1 aliphatic carbocycles. The molecular formula is C17H25N4OS+. The molecule has 1 aliphatic heterocycles. The van der Waals surface area contributed by atoms with Gasteiger partial charge >= 0.3 is 0 Å². The number of hydrogen-bond donors (Lipinski definition) is 2. The number of aromatic nitrogens is 2. The molecule has 1 saturated heterocycles. The number of ether oxygens (including phenoxy) is 1. The van der Waals surface area contributed by atoms with E-state index < -0.39 is 0 Å². The molecule has 2 aliphatic rings. The van der Waals surface area contributed by atoms with E-state index >= 15 is 0 Å². The van der Waals surface area contributed by atoms with Crippen LogP contribution in [0.4, 0.5) is 5.82 Å². The first-order chi connectivity index (χ1) is 11.3. The molecule has 0 amide bonds. The zero-order valence-electron chi connectivity index (χ0n) is 13.7. The third kappa shape index (κ3) is 3.20. The van der Waals surface area contributed by atoms with Gasteiger partial charge in [0.05, 0.1) is 31.7 Å². The smallest absolute Gasteiger partial charge is 0.138 e. The Labute approximate surface area is 141 Å². The Balaban J connectivity index is 1.50. The van der Waals surface area contributed by atoms with Gasteiger partial charge in [0.25, 0.3) is 0 Å². The summed E-state index contributed by atoms with van der Waals surface area (Å²) in [6.45, 7) is 8.45. The molecule has 4 rings (SSSR count). The van der Waals surface area contributed by atoms with E-state index in [9.17, 15) is 0 Å². The highest BCUT2D eigenvalue weighted by Gasteiger charge is 2.23. The lowest BCUT2D eigenvalue weighted by molar-refractivity contribution is -0.906. The minimum absolute atomic E-state index is 0.796. The number of aryl methyl sites for hydroxylation is 1. The third-order valence-electron chi connectivity index (χ3n) is 5.06. The van der Waals surface area contributed by atoms with Crippen LogP contribution < -0.4 is 10.2 Å². The first-order valence-electron chi connectivity index (χ1n) is 8.71. The van der Waals surface area contributed by atoms with E-state index in [1.54, 1.807) is 11.2 Å². The summed E-state index contributed by atoms with van der Waals surface area (Å²) < 4.78 is 5.42. The molecule has 3 heterocycles. The number of fused-ring (bicyclic) bond motifs is 3. The second-order valence-corrected chi connectivity index (χ2v) is 7.88. The molecule has 0 radical (unpaired) electrons. The van der Waals surface area contributed by atoms with Gasteiger partial charge in [0.15, 0.2) is 0 Å². The van der Waals surface area contributed by atoms with Crippen molar-refractivity contribution in [2.75, 3.05) is 44.7 Å². The van der Waals surface area contributed by atoms with Gasteiger partial charge in [-0.2, -0.15) is 0 Å². The highest BCUT2D eigenvalue weighted by Crippen LogP contribution is 2.39. The molecule has 124 valence electrons. The summed E-state index contributed by atoms with van der Waals surface area (Å²) in [5.41, 5.74) is 1.50. The van der Waals surface area contributed by atoms with Crippen LogP contribution in [0.25, 0.3) is 10.2 Å². The molecule has 6 heteroatoms. The number of rotatable bonds is 4. The SMILES string of the molecule is C[C@H]1CCc2c(sc3ncnc(NCC[NH+]4CCOCC4)c23)C1. The molecule has 1 fully saturated rings. The van der Waals surface area contributed by atoms with Crippen molar-refractivity contribution in [3.63, 3.8) is 0 Å². The van der Waals surface area contributed by atoms with Gasteiger partial charge in [-0.1, -0.05) is 6.92 Å². The van der Waals surface area contributed by atoms with Crippen LogP contribution in [0.1, 0.15) is 23.8 Å². The van der Waals surface area contributed by atoms with Crippen molar-refractivity contribution in [3.05, 3.63) is 16.8 Å². The van der Waals surface area contributed by atoms with Crippen LogP contribution in [0.2, 0.25) is 0 Å². The molecule has 2 aromatic heterocycles. The fourth-order valence-electron chi connectivity index (χ4n) is 3.68. The maximum absolute atomic E-state index is 5.42. The maximum atomic E-state index is 5.42. The van der Waals surface area contributed by atoms with Gasteiger partial charge in [-0.25, -0.2) is 9.97 Å².